The van der Waals surface area contributed by atoms with E-state index in [1.807, 2.05) is 48.5 Å². The molecule has 1 aliphatic rings. The number of nitrogens with one attached hydrogen (secondary N) is 1. The zero-order valence-electron chi connectivity index (χ0n) is 17.7. The Balaban J connectivity index is 1.31. The number of hydrogen-bond donors (Lipinski definition) is 1. The number of furan rings is 1. The van der Waals surface area contributed by atoms with Gasteiger partial charge in [0.25, 0.3) is 5.91 Å². The largest absolute Gasteiger partial charge is 0.459 e. The summed E-state index contributed by atoms with van der Waals surface area (Å²) in [6, 6.07) is 19.7. The Morgan fingerprint density at radius 1 is 1.03 bits per heavy atom. The van der Waals surface area contributed by atoms with E-state index in [0.717, 1.165) is 53.5 Å². The third-order valence-electron chi connectivity index (χ3n) is 5.58. The summed E-state index contributed by atoms with van der Waals surface area (Å²) in [5, 5.41) is 11.8. The third-order valence-corrected chi connectivity index (χ3v) is 6.64. The number of carbonyl (C=O) groups is 1. The van der Waals surface area contributed by atoms with E-state index in [0.29, 0.717) is 17.2 Å². The van der Waals surface area contributed by atoms with Crippen LogP contribution in [0.3, 0.4) is 0 Å². The maximum Gasteiger partial charge on any atom is 0.291 e. The van der Waals surface area contributed by atoms with Crippen LogP contribution < -0.4 is 5.32 Å². The molecule has 3 heterocycles. The predicted molar refractivity (Wildman–Crippen MR) is 126 cm³/mol. The van der Waals surface area contributed by atoms with Crippen LogP contribution in [-0.4, -0.2) is 20.7 Å². The summed E-state index contributed by atoms with van der Waals surface area (Å²) in [4.78, 5) is 14.1. The first-order chi connectivity index (χ1) is 15.8. The zero-order chi connectivity index (χ0) is 21.8. The lowest BCUT2D eigenvalue weighted by atomic mass is 10.1. The summed E-state index contributed by atoms with van der Waals surface area (Å²) < 4.78 is 7.73. The van der Waals surface area contributed by atoms with E-state index in [4.69, 9.17) is 4.42 Å². The minimum Gasteiger partial charge on any atom is -0.459 e. The third kappa shape index (κ3) is 4.48. The highest BCUT2D eigenvalue weighted by Gasteiger charge is 2.18. The second-order valence-corrected chi connectivity index (χ2v) is 8.86. The van der Waals surface area contributed by atoms with Gasteiger partial charge in [-0.1, -0.05) is 36.8 Å². The second kappa shape index (κ2) is 9.44. The number of thioether (sulfide) groups is 1. The minimum absolute atomic E-state index is 0.254. The molecule has 6 nitrogen and oxygen atoms in total. The van der Waals surface area contributed by atoms with Gasteiger partial charge in [0.05, 0.1) is 6.26 Å². The van der Waals surface area contributed by atoms with E-state index < -0.39 is 0 Å². The van der Waals surface area contributed by atoms with Gasteiger partial charge in [0, 0.05) is 40.4 Å². The van der Waals surface area contributed by atoms with E-state index in [1.165, 1.54) is 6.42 Å². The molecule has 4 aromatic rings. The summed E-state index contributed by atoms with van der Waals surface area (Å²) >= 11 is 1.67. The molecule has 0 aliphatic carbocycles. The van der Waals surface area contributed by atoms with Gasteiger partial charge >= 0.3 is 0 Å². The second-order valence-electron chi connectivity index (χ2n) is 7.81. The van der Waals surface area contributed by atoms with Gasteiger partial charge < -0.3 is 14.3 Å². The van der Waals surface area contributed by atoms with Gasteiger partial charge in [0.2, 0.25) is 0 Å². The van der Waals surface area contributed by atoms with Gasteiger partial charge in [0.1, 0.15) is 5.82 Å². The number of anilines is 1. The number of hydrogen-bond acceptors (Lipinski definition) is 5. The molecule has 0 fully saturated rings. The Hall–Kier alpha value is -3.32. The molecule has 162 valence electrons. The van der Waals surface area contributed by atoms with Crippen LogP contribution in [0.2, 0.25) is 0 Å². The maximum atomic E-state index is 12.9. The number of fused-ring (bicyclic) bond motifs is 1. The number of carbonyl (C=O) groups excluding carboxylic acids is 1. The number of amides is 1. The van der Waals surface area contributed by atoms with Gasteiger partial charge in [-0.2, -0.15) is 0 Å². The molecule has 0 bridgehead atoms. The van der Waals surface area contributed by atoms with Crippen molar-refractivity contribution < 1.29 is 9.21 Å². The Kier molecular flexibility index (Phi) is 6.07. The van der Waals surface area contributed by atoms with Crippen molar-refractivity contribution in [3.8, 4) is 11.4 Å². The predicted octanol–water partition coefficient (Wildman–Crippen LogP) is 5.81. The molecule has 0 saturated carbocycles. The summed E-state index contributed by atoms with van der Waals surface area (Å²) in [6.45, 7) is 0.934. The van der Waals surface area contributed by atoms with Gasteiger partial charge in [-0.25, -0.2) is 0 Å². The van der Waals surface area contributed by atoms with Crippen molar-refractivity contribution in [1.29, 1.82) is 0 Å². The van der Waals surface area contributed by atoms with Crippen LogP contribution in [0.5, 0.6) is 0 Å². The first kappa shape index (κ1) is 20.6. The molecule has 0 atom stereocenters. The van der Waals surface area contributed by atoms with E-state index in [2.05, 4.69) is 32.2 Å². The molecule has 5 rings (SSSR count). The maximum absolute atomic E-state index is 12.9. The Morgan fingerprint density at radius 2 is 1.94 bits per heavy atom. The van der Waals surface area contributed by atoms with Crippen molar-refractivity contribution in [3.05, 3.63) is 84.1 Å². The van der Waals surface area contributed by atoms with Crippen molar-refractivity contribution >= 4 is 23.4 Å². The lowest BCUT2D eigenvalue weighted by Crippen LogP contribution is -2.13. The number of aryl methyl sites for hydroxylation is 1. The van der Waals surface area contributed by atoms with Crippen LogP contribution >= 0.6 is 11.8 Å². The number of nitrogens with zero attached hydrogens (tertiary/aromatic N) is 3. The van der Waals surface area contributed by atoms with E-state index in [9.17, 15) is 4.79 Å². The molecule has 2 aromatic carbocycles. The quantitative estimate of drug-likeness (QED) is 0.380. The summed E-state index contributed by atoms with van der Waals surface area (Å²) in [7, 11) is 0. The number of aromatic nitrogens is 3. The van der Waals surface area contributed by atoms with Crippen molar-refractivity contribution in [1.82, 2.24) is 14.8 Å². The van der Waals surface area contributed by atoms with Crippen molar-refractivity contribution in [2.24, 2.45) is 0 Å². The van der Waals surface area contributed by atoms with Crippen molar-refractivity contribution in [2.75, 3.05) is 5.32 Å². The molecule has 0 saturated heterocycles. The fourth-order valence-corrected chi connectivity index (χ4v) is 4.85. The molecule has 2 aromatic heterocycles. The normalized spacial score (nSPS) is 13.4. The van der Waals surface area contributed by atoms with Gasteiger partial charge in [-0.3, -0.25) is 4.79 Å². The number of benzene rings is 2. The van der Waals surface area contributed by atoms with Crippen LogP contribution in [0.15, 0.2) is 76.2 Å². The standard InChI is InChI=1S/C25H24N4O2S/c30-25(23-19(13-15-31-23)17-32-21-10-3-1-4-11-21)26-20-9-7-8-18(16-20)24-28-27-22-12-5-2-6-14-29(22)24/h1,3-4,7-11,13,15-16H,2,5-6,12,14,17H2,(H,26,30). The Morgan fingerprint density at radius 3 is 2.84 bits per heavy atom. The molecule has 1 N–H and O–H groups in total. The monoisotopic (exact) mass is 444 g/mol. The first-order valence-electron chi connectivity index (χ1n) is 10.9. The molecule has 0 spiro atoms. The van der Waals surface area contributed by atoms with Gasteiger partial charge in [0.15, 0.2) is 11.6 Å². The Bertz CT molecular complexity index is 1220. The molecule has 1 amide bonds. The molecular formula is C25H24N4O2S. The average Bonchev–Trinajstić information content (AvgIpc) is 3.39. The molecule has 0 radical (unpaired) electrons. The van der Waals surface area contributed by atoms with E-state index in [1.54, 1.807) is 18.0 Å². The lowest BCUT2D eigenvalue weighted by molar-refractivity contribution is 0.0996. The van der Waals surface area contributed by atoms with Crippen molar-refractivity contribution in [3.63, 3.8) is 0 Å². The summed E-state index contributed by atoms with van der Waals surface area (Å²) in [5.74, 6) is 2.65. The van der Waals surface area contributed by atoms with Crippen LogP contribution in [-0.2, 0) is 18.7 Å². The lowest BCUT2D eigenvalue weighted by Gasteiger charge is -2.09. The molecule has 1 aliphatic heterocycles. The highest BCUT2D eigenvalue weighted by molar-refractivity contribution is 7.98. The van der Waals surface area contributed by atoms with Crippen LogP contribution in [0.1, 0.15) is 41.2 Å². The van der Waals surface area contributed by atoms with Gasteiger partial charge in [-0.05, 0) is 43.2 Å². The number of rotatable bonds is 6. The smallest absolute Gasteiger partial charge is 0.291 e. The van der Waals surface area contributed by atoms with Gasteiger partial charge in [-0.15, -0.1) is 22.0 Å². The summed E-state index contributed by atoms with van der Waals surface area (Å²) in [5.41, 5.74) is 2.52. The van der Waals surface area contributed by atoms with Crippen LogP contribution in [0.4, 0.5) is 5.69 Å². The molecular weight excluding hydrogens is 420 g/mol. The SMILES string of the molecule is O=C(Nc1cccc(-c2nnc3n2CCCCC3)c1)c1occc1CSc1ccccc1. The topological polar surface area (TPSA) is 73.0 Å². The molecule has 7 heteroatoms. The molecule has 32 heavy (non-hydrogen) atoms. The van der Waals surface area contributed by atoms with Crippen LogP contribution in [0, 0.1) is 0 Å². The highest BCUT2D eigenvalue weighted by atomic mass is 32.2. The van der Waals surface area contributed by atoms with E-state index in [-0.39, 0.29) is 5.91 Å². The Labute approximate surface area is 191 Å². The summed E-state index contributed by atoms with van der Waals surface area (Å²) in [6.07, 6.45) is 6.04. The fraction of sp³-hybridized carbons (Fsp3) is 0.240. The van der Waals surface area contributed by atoms with E-state index >= 15 is 0 Å². The first-order valence-corrected chi connectivity index (χ1v) is 11.8. The fourth-order valence-electron chi connectivity index (χ4n) is 3.95. The van der Waals surface area contributed by atoms with Crippen molar-refractivity contribution in [2.45, 2.75) is 42.9 Å². The van der Waals surface area contributed by atoms with Crippen LogP contribution in [0.25, 0.3) is 11.4 Å². The minimum atomic E-state index is -0.254. The average molecular weight is 445 g/mol. The molecule has 0 unspecified atom stereocenters. The zero-order valence-corrected chi connectivity index (χ0v) is 18.5. The highest BCUT2D eigenvalue weighted by Crippen LogP contribution is 2.27.